The van der Waals surface area contributed by atoms with E-state index in [2.05, 4.69) is 30.4 Å². The molecule has 1 fully saturated rings. The molecule has 2 N–H and O–H groups in total. The van der Waals surface area contributed by atoms with Gasteiger partial charge in [-0.2, -0.15) is 0 Å². The van der Waals surface area contributed by atoms with Crippen LogP contribution >= 0.6 is 24.0 Å². The summed E-state index contributed by atoms with van der Waals surface area (Å²) in [6, 6.07) is 13.9. The van der Waals surface area contributed by atoms with Crippen molar-refractivity contribution in [3.05, 3.63) is 54.2 Å². The molecule has 0 radical (unpaired) electrons. The van der Waals surface area contributed by atoms with E-state index in [4.69, 9.17) is 0 Å². The predicted molar refractivity (Wildman–Crippen MR) is 137 cm³/mol. The van der Waals surface area contributed by atoms with Crippen LogP contribution < -0.4 is 15.5 Å². The first-order valence-corrected chi connectivity index (χ1v) is 10.2. The molecule has 1 saturated heterocycles. The van der Waals surface area contributed by atoms with Crippen molar-refractivity contribution in [1.29, 1.82) is 0 Å². The number of aromatic nitrogens is 1. The lowest BCUT2D eigenvalue weighted by Crippen LogP contribution is -2.52. The average molecular weight is 537 g/mol. The van der Waals surface area contributed by atoms with E-state index in [9.17, 15) is 4.79 Å². The molecule has 1 aliphatic rings. The number of benzene rings is 1. The number of nitrogens with zero attached hydrogens (tertiary/aromatic N) is 5. The van der Waals surface area contributed by atoms with Crippen molar-refractivity contribution in [2.75, 3.05) is 64.1 Å². The van der Waals surface area contributed by atoms with E-state index in [-0.39, 0.29) is 29.9 Å². The minimum absolute atomic E-state index is 0. The molecule has 0 saturated carbocycles. The molecule has 0 aliphatic carbocycles. The van der Waals surface area contributed by atoms with Gasteiger partial charge in [0.1, 0.15) is 5.82 Å². The third kappa shape index (κ3) is 7.66. The standard InChI is InChI=1S/C22H31N7O.HI/c1-23-22(29-13-11-28(12-14-29)20-9-4-5-10-24-20)25-16-18-7-6-8-19(15-18)26-21(30)17-27(2)3;/h4-10,15H,11-14,16-17H2,1-3H3,(H,23,25)(H,26,30);1H. The number of pyridine rings is 1. The van der Waals surface area contributed by atoms with Crippen LogP contribution in [0.15, 0.2) is 53.7 Å². The summed E-state index contributed by atoms with van der Waals surface area (Å²) in [5.41, 5.74) is 1.89. The number of likely N-dealkylation sites (N-methyl/N-ethyl adjacent to an activating group) is 1. The molecule has 1 amide bonds. The Kier molecular flexibility index (Phi) is 9.99. The number of amides is 1. The van der Waals surface area contributed by atoms with Crippen molar-refractivity contribution < 1.29 is 4.79 Å². The second-order valence-corrected chi connectivity index (χ2v) is 7.55. The SMILES string of the molecule is CN=C(NCc1cccc(NC(=O)CN(C)C)c1)N1CCN(c2ccccn2)CC1.I. The summed E-state index contributed by atoms with van der Waals surface area (Å²) in [6.45, 7) is 4.59. The summed E-state index contributed by atoms with van der Waals surface area (Å²) in [7, 11) is 5.56. The Morgan fingerprint density at radius 3 is 2.55 bits per heavy atom. The molecule has 3 rings (SSSR count). The number of rotatable bonds is 6. The highest BCUT2D eigenvalue weighted by Crippen LogP contribution is 2.13. The number of hydrogen-bond donors (Lipinski definition) is 2. The first-order valence-electron chi connectivity index (χ1n) is 10.2. The lowest BCUT2D eigenvalue weighted by Gasteiger charge is -2.37. The van der Waals surface area contributed by atoms with Crippen LogP contribution in [0.3, 0.4) is 0 Å². The molecule has 1 aromatic heterocycles. The molecule has 0 atom stereocenters. The molecular formula is C22H32IN7O. The van der Waals surface area contributed by atoms with E-state index in [0.29, 0.717) is 13.1 Å². The van der Waals surface area contributed by atoms with Crippen molar-refractivity contribution in [1.82, 2.24) is 20.1 Å². The predicted octanol–water partition coefficient (Wildman–Crippen LogP) is 2.10. The zero-order valence-electron chi connectivity index (χ0n) is 18.4. The van der Waals surface area contributed by atoms with Gasteiger partial charge >= 0.3 is 0 Å². The number of anilines is 2. The third-order valence-corrected chi connectivity index (χ3v) is 4.89. The maximum Gasteiger partial charge on any atom is 0.238 e. The summed E-state index contributed by atoms with van der Waals surface area (Å²) < 4.78 is 0. The Balaban J connectivity index is 0.00000341. The van der Waals surface area contributed by atoms with Gasteiger partial charge in [0.2, 0.25) is 5.91 Å². The Morgan fingerprint density at radius 1 is 1.13 bits per heavy atom. The Hall–Kier alpha value is -2.40. The fourth-order valence-corrected chi connectivity index (χ4v) is 3.45. The van der Waals surface area contributed by atoms with E-state index in [0.717, 1.165) is 49.2 Å². The highest BCUT2D eigenvalue weighted by Gasteiger charge is 2.20. The Labute approximate surface area is 201 Å². The first-order chi connectivity index (χ1) is 14.5. The van der Waals surface area contributed by atoms with Crippen LogP contribution in [0, 0.1) is 0 Å². The third-order valence-electron chi connectivity index (χ3n) is 4.89. The smallest absolute Gasteiger partial charge is 0.238 e. The van der Waals surface area contributed by atoms with Gasteiger partial charge in [-0.05, 0) is 43.9 Å². The highest BCUT2D eigenvalue weighted by atomic mass is 127. The van der Waals surface area contributed by atoms with Crippen molar-refractivity contribution in [3.63, 3.8) is 0 Å². The van der Waals surface area contributed by atoms with Gasteiger partial charge < -0.3 is 25.3 Å². The number of piperazine rings is 1. The Bertz CT molecular complexity index is 852. The lowest BCUT2D eigenvalue weighted by atomic mass is 10.2. The van der Waals surface area contributed by atoms with E-state index >= 15 is 0 Å². The van der Waals surface area contributed by atoms with Crippen molar-refractivity contribution in [2.24, 2.45) is 4.99 Å². The average Bonchev–Trinajstić information content (AvgIpc) is 2.75. The number of guanidine groups is 1. The van der Waals surface area contributed by atoms with Gasteiger partial charge in [0, 0.05) is 51.7 Å². The second kappa shape index (κ2) is 12.5. The van der Waals surface area contributed by atoms with Gasteiger partial charge in [-0.1, -0.05) is 18.2 Å². The minimum Gasteiger partial charge on any atom is -0.353 e. The molecule has 1 aliphatic heterocycles. The van der Waals surface area contributed by atoms with Gasteiger partial charge in [0.05, 0.1) is 6.54 Å². The van der Waals surface area contributed by atoms with E-state index in [1.807, 2.05) is 74.7 Å². The maximum atomic E-state index is 12.0. The van der Waals surface area contributed by atoms with Gasteiger partial charge in [-0.25, -0.2) is 4.98 Å². The maximum absolute atomic E-state index is 12.0. The van der Waals surface area contributed by atoms with Crippen molar-refractivity contribution >= 4 is 47.3 Å². The number of nitrogens with one attached hydrogen (secondary N) is 2. The molecule has 9 heteroatoms. The molecule has 31 heavy (non-hydrogen) atoms. The number of aliphatic imine (C=N–C) groups is 1. The molecule has 1 aromatic carbocycles. The van der Waals surface area contributed by atoms with Gasteiger partial charge in [0.15, 0.2) is 5.96 Å². The first kappa shape index (κ1) is 24.9. The monoisotopic (exact) mass is 537 g/mol. The van der Waals surface area contributed by atoms with Crippen molar-refractivity contribution in [3.8, 4) is 0 Å². The molecule has 2 heterocycles. The second-order valence-electron chi connectivity index (χ2n) is 7.55. The normalized spacial score (nSPS) is 14.3. The summed E-state index contributed by atoms with van der Waals surface area (Å²) in [6.07, 6.45) is 1.83. The number of carbonyl (C=O) groups excluding carboxylic acids is 1. The van der Waals surface area contributed by atoms with E-state index in [1.165, 1.54) is 0 Å². The molecule has 0 bridgehead atoms. The molecule has 2 aromatic rings. The topological polar surface area (TPSA) is 76.1 Å². The largest absolute Gasteiger partial charge is 0.353 e. The molecule has 8 nitrogen and oxygen atoms in total. The highest BCUT2D eigenvalue weighted by molar-refractivity contribution is 14.0. The number of halogens is 1. The molecular weight excluding hydrogens is 505 g/mol. The number of carbonyl (C=O) groups is 1. The van der Waals surface area contributed by atoms with Gasteiger partial charge in [0.25, 0.3) is 0 Å². The van der Waals surface area contributed by atoms with Crippen LogP contribution in [0.25, 0.3) is 0 Å². The molecule has 0 spiro atoms. The van der Waals surface area contributed by atoms with Crippen LogP contribution in [0.1, 0.15) is 5.56 Å². The fourth-order valence-electron chi connectivity index (χ4n) is 3.45. The Morgan fingerprint density at radius 2 is 1.90 bits per heavy atom. The van der Waals surface area contributed by atoms with E-state index in [1.54, 1.807) is 0 Å². The van der Waals surface area contributed by atoms with Crippen LogP contribution in [0.5, 0.6) is 0 Å². The van der Waals surface area contributed by atoms with Crippen LogP contribution in [0.4, 0.5) is 11.5 Å². The molecule has 0 unspecified atom stereocenters. The fraction of sp³-hybridized carbons (Fsp3) is 0.409. The van der Waals surface area contributed by atoms with E-state index < -0.39 is 0 Å². The summed E-state index contributed by atoms with van der Waals surface area (Å²) in [5.74, 6) is 1.89. The zero-order chi connectivity index (χ0) is 21.3. The van der Waals surface area contributed by atoms with Gasteiger partial charge in [-0.3, -0.25) is 9.79 Å². The summed E-state index contributed by atoms with van der Waals surface area (Å²) >= 11 is 0. The molecule has 168 valence electrons. The van der Waals surface area contributed by atoms with Crippen LogP contribution in [0.2, 0.25) is 0 Å². The zero-order valence-corrected chi connectivity index (χ0v) is 20.7. The summed E-state index contributed by atoms with van der Waals surface area (Å²) in [5, 5.41) is 6.38. The van der Waals surface area contributed by atoms with Gasteiger partial charge in [-0.15, -0.1) is 24.0 Å². The lowest BCUT2D eigenvalue weighted by molar-refractivity contribution is -0.116. The minimum atomic E-state index is -0.0216. The van der Waals surface area contributed by atoms with Crippen LogP contribution in [-0.2, 0) is 11.3 Å². The summed E-state index contributed by atoms with van der Waals surface area (Å²) in [4.78, 5) is 27.3. The quantitative estimate of drug-likeness (QED) is 0.334. The van der Waals surface area contributed by atoms with Crippen molar-refractivity contribution in [2.45, 2.75) is 6.54 Å². The van der Waals surface area contributed by atoms with Crippen LogP contribution in [-0.4, -0.2) is 80.5 Å². The number of hydrogen-bond acceptors (Lipinski definition) is 5.